The van der Waals surface area contributed by atoms with Crippen LogP contribution in [0.4, 0.5) is 0 Å². The highest BCUT2D eigenvalue weighted by atomic mass is 16.5. The highest BCUT2D eigenvalue weighted by molar-refractivity contribution is 4.69. The summed E-state index contributed by atoms with van der Waals surface area (Å²) in [5.74, 6) is 0. The molecule has 0 aromatic rings. The van der Waals surface area contributed by atoms with E-state index in [1.165, 1.54) is 25.7 Å². The van der Waals surface area contributed by atoms with Crippen molar-refractivity contribution in [2.45, 2.75) is 72.0 Å². The molecule has 0 rings (SSSR count). The molecule has 0 aromatic carbocycles. The van der Waals surface area contributed by atoms with Gasteiger partial charge in [-0.05, 0) is 34.1 Å². The predicted molar refractivity (Wildman–Crippen MR) is 54.4 cm³/mol. The van der Waals surface area contributed by atoms with Crippen LogP contribution >= 0.6 is 0 Å². The summed E-state index contributed by atoms with van der Waals surface area (Å²) in [6, 6.07) is 0. The van der Waals surface area contributed by atoms with Gasteiger partial charge in [-0.1, -0.05) is 26.2 Å². The molecule has 0 amide bonds. The lowest BCUT2D eigenvalue weighted by molar-refractivity contribution is -0.0614. The van der Waals surface area contributed by atoms with E-state index < -0.39 is 0 Å². The fraction of sp³-hybridized carbons (Fsp3) is 1.00. The van der Waals surface area contributed by atoms with E-state index in [1.807, 2.05) is 0 Å². The zero-order valence-electron chi connectivity index (χ0n) is 9.31. The van der Waals surface area contributed by atoms with E-state index >= 15 is 0 Å². The molecule has 12 heavy (non-hydrogen) atoms. The maximum Gasteiger partial charge on any atom is 0.0630 e. The third-order valence-electron chi connectivity index (χ3n) is 1.94. The molecule has 0 unspecified atom stereocenters. The number of ether oxygens (including phenoxy) is 1. The van der Waals surface area contributed by atoms with Crippen LogP contribution in [-0.4, -0.2) is 11.7 Å². The second-order valence-corrected chi connectivity index (χ2v) is 4.38. The lowest BCUT2D eigenvalue weighted by Gasteiger charge is -2.27. The first-order valence-electron chi connectivity index (χ1n) is 5.16. The Labute approximate surface area is 77.5 Å². The Morgan fingerprint density at radius 2 is 1.75 bits per heavy atom. The second-order valence-electron chi connectivity index (χ2n) is 4.38. The summed E-state index contributed by atoms with van der Waals surface area (Å²) in [6.07, 6.45) is 5.43. The monoisotopic (exact) mass is 172 g/mol. The van der Waals surface area contributed by atoms with Crippen LogP contribution in [0.15, 0.2) is 0 Å². The van der Waals surface area contributed by atoms with Crippen LogP contribution in [0, 0.1) is 0 Å². The zero-order chi connectivity index (χ0) is 9.61. The van der Waals surface area contributed by atoms with E-state index in [0.29, 0.717) is 6.10 Å². The minimum atomic E-state index is 0.0728. The van der Waals surface area contributed by atoms with Gasteiger partial charge in [0.25, 0.3) is 0 Å². The number of hydrogen-bond acceptors (Lipinski definition) is 1. The molecule has 1 heteroatoms. The van der Waals surface area contributed by atoms with Crippen molar-refractivity contribution in [3.8, 4) is 0 Å². The van der Waals surface area contributed by atoms with Crippen molar-refractivity contribution in [3.63, 3.8) is 0 Å². The van der Waals surface area contributed by atoms with Crippen LogP contribution in [-0.2, 0) is 4.74 Å². The van der Waals surface area contributed by atoms with Crippen molar-refractivity contribution in [2.75, 3.05) is 0 Å². The largest absolute Gasteiger partial charge is 0.373 e. The third kappa shape index (κ3) is 6.66. The van der Waals surface area contributed by atoms with Gasteiger partial charge in [-0.25, -0.2) is 0 Å². The molecule has 0 aliphatic carbocycles. The quantitative estimate of drug-likeness (QED) is 0.554. The van der Waals surface area contributed by atoms with Crippen molar-refractivity contribution in [3.05, 3.63) is 0 Å². The van der Waals surface area contributed by atoms with E-state index in [9.17, 15) is 0 Å². The SMILES string of the molecule is CCCCCC(C)(C)OC(C)C. The van der Waals surface area contributed by atoms with Gasteiger partial charge in [0.05, 0.1) is 11.7 Å². The zero-order valence-corrected chi connectivity index (χ0v) is 9.31. The van der Waals surface area contributed by atoms with Gasteiger partial charge in [-0.3, -0.25) is 0 Å². The van der Waals surface area contributed by atoms with Gasteiger partial charge < -0.3 is 4.74 Å². The maximum absolute atomic E-state index is 5.78. The Hall–Kier alpha value is -0.0400. The second kappa shape index (κ2) is 5.58. The lowest BCUT2D eigenvalue weighted by atomic mass is 10.0. The minimum absolute atomic E-state index is 0.0728. The average Bonchev–Trinajstić information content (AvgIpc) is 1.84. The molecule has 1 nitrogen and oxygen atoms in total. The fourth-order valence-corrected chi connectivity index (χ4v) is 1.50. The van der Waals surface area contributed by atoms with E-state index in [1.54, 1.807) is 0 Å². The molecule has 0 fully saturated rings. The van der Waals surface area contributed by atoms with Crippen LogP contribution in [0.3, 0.4) is 0 Å². The molecular weight excluding hydrogens is 148 g/mol. The van der Waals surface area contributed by atoms with E-state index in [-0.39, 0.29) is 5.60 Å². The Balaban J connectivity index is 3.56. The molecule has 0 radical (unpaired) electrons. The third-order valence-corrected chi connectivity index (χ3v) is 1.94. The van der Waals surface area contributed by atoms with Gasteiger partial charge in [0.2, 0.25) is 0 Å². The van der Waals surface area contributed by atoms with Crippen LogP contribution in [0.1, 0.15) is 60.3 Å². The molecule has 0 N–H and O–H groups in total. The standard InChI is InChI=1S/C11H24O/c1-6-7-8-9-11(4,5)12-10(2)3/h10H,6-9H2,1-5H3. The van der Waals surface area contributed by atoms with E-state index in [0.717, 1.165) is 0 Å². The number of unbranched alkanes of at least 4 members (excludes halogenated alkanes) is 2. The Morgan fingerprint density at radius 3 is 2.17 bits per heavy atom. The van der Waals surface area contributed by atoms with Crippen molar-refractivity contribution in [1.29, 1.82) is 0 Å². The van der Waals surface area contributed by atoms with Crippen LogP contribution in [0.25, 0.3) is 0 Å². The Morgan fingerprint density at radius 1 is 1.17 bits per heavy atom. The van der Waals surface area contributed by atoms with Crippen molar-refractivity contribution >= 4 is 0 Å². The summed E-state index contributed by atoms with van der Waals surface area (Å²) in [6.45, 7) is 10.8. The number of rotatable bonds is 6. The van der Waals surface area contributed by atoms with Crippen molar-refractivity contribution in [1.82, 2.24) is 0 Å². The van der Waals surface area contributed by atoms with Gasteiger partial charge in [-0.2, -0.15) is 0 Å². The van der Waals surface area contributed by atoms with Crippen molar-refractivity contribution in [2.24, 2.45) is 0 Å². The number of hydrogen-bond donors (Lipinski definition) is 0. The Kier molecular flexibility index (Phi) is 5.56. The minimum Gasteiger partial charge on any atom is -0.373 e. The molecule has 0 aliphatic rings. The summed E-state index contributed by atoms with van der Waals surface area (Å²) < 4.78 is 5.78. The highest BCUT2D eigenvalue weighted by Crippen LogP contribution is 2.20. The molecule has 0 bridgehead atoms. The first-order valence-corrected chi connectivity index (χ1v) is 5.16. The van der Waals surface area contributed by atoms with Crippen LogP contribution < -0.4 is 0 Å². The molecule has 74 valence electrons. The summed E-state index contributed by atoms with van der Waals surface area (Å²) >= 11 is 0. The van der Waals surface area contributed by atoms with Gasteiger partial charge in [0, 0.05) is 0 Å². The lowest BCUT2D eigenvalue weighted by Crippen LogP contribution is -2.27. The summed E-state index contributed by atoms with van der Waals surface area (Å²) in [4.78, 5) is 0. The highest BCUT2D eigenvalue weighted by Gasteiger charge is 2.18. The topological polar surface area (TPSA) is 9.23 Å². The Bertz CT molecular complexity index is 106. The van der Waals surface area contributed by atoms with Gasteiger partial charge in [-0.15, -0.1) is 0 Å². The predicted octanol–water partition coefficient (Wildman–Crippen LogP) is 3.77. The van der Waals surface area contributed by atoms with Gasteiger partial charge in [0.15, 0.2) is 0 Å². The molecular formula is C11H24O. The molecule has 0 spiro atoms. The summed E-state index contributed by atoms with van der Waals surface area (Å²) in [7, 11) is 0. The average molecular weight is 172 g/mol. The molecule has 0 heterocycles. The molecule has 0 saturated heterocycles. The van der Waals surface area contributed by atoms with Gasteiger partial charge in [0.1, 0.15) is 0 Å². The molecule has 0 aliphatic heterocycles. The molecule has 0 atom stereocenters. The first kappa shape index (κ1) is 12.0. The normalized spacial score (nSPS) is 12.5. The molecule has 0 aromatic heterocycles. The fourth-order valence-electron chi connectivity index (χ4n) is 1.50. The van der Waals surface area contributed by atoms with Gasteiger partial charge >= 0.3 is 0 Å². The smallest absolute Gasteiger partial charge is 0.0630 e. The maximum atomic E-state index is 5.78. The summed E-state index contributed by atoms with van der Waals surface area (Å²) in [5, 5.41) is 0. The van der Waals surface area contributed by atoms with E-state index in [4.69, 9.17) is 4.74 Å². The summed E-state index contributed by atoms with van der Waals surface area (Å²) in [5.41, 5.74) is 0.0728. The van der Waals surface area contributed by atoms with Crippen molar-refractivity contribution < 1.29 is 4.74 Å². The van der Waals surface area contributed by atoms with Crippen LogP contribution in [0.2, 0.25) is 0 Å². The first-order chi connectivity index (χ1) is 5.48. The van der Waals surface area contributed by atoms with E-state index in [2.05, 4.69) is 34.6 Å². The molecule has 0 saturated carbocycles. The van der Waals surface area contributed by atoms with Crippen LogP contribution in [0.5, 0.6) is 0 Å².